The molecule has 0 unspecified atom stereocenters. The van der Waals surface area contributed by atoms with Crippen molar-refractivity contribution in [2.75, 3.05) is 25.4 Å². The van der Waals surface area contributed by atoms with Crippen molar-refractivity contribution in [3.8, 4) is 0 Å². The van der Waals surface area contributed by atoms with Gasteiger partial charge in [0.05, 0.1) is 25.0 Å². The van der Waals surface area contributed by atoms with Gasteiger partial charge >= 0.3 is 0 Å². The van der Waals surface area contributed by atoms with E-state index >= 15 is 0 Å². The van der Waals surface area contributed by atoms with Gasteiger partial charge in [0.15, 0.2) is 0 Å². The van der Waals surface area contributed by atoms with E-state index in [0.717, 1.165) is 35.1 Å². The van der Waals surface area contributed by atoms with Gasteiger partial charge in [-0.2, -0.15) is 0 Å². The number of hydrogen-bond donors (Lipinski definition) is 3. The molecule has 10 heteroatoms. The average molecular weight is 529 g/mol. The molecule has 1 amide bonds. The van der Waals surface area contributed by atoms with Crippen LogP contribution in [-0.4, -0.2) is 76.3 Å². The molecule has 2 fully saturated rings. The second-order valence-electron chi connectivity index (χ2n) is 10.5. The van der Waals surface area contributed by atoms with E-state index in [-0.39, 0.29) is 37.9 Å². The number of sulfonamides is 1. The number of nitrogens with zero attached hydrogens (tertiary/aromatic N) is 3. The molecule has 1 aliphatic carbocycles. The number of carbonyl (C=O) groups excluding carboxylic acids is 1. The number of rotatable bonds is 8. The first kappa shape index (κ1) is 26.1. The first-order valence-corrected chi connectivity index (χ1v) is 14.8. The van der Waals surface area contributed by atoms with Crippen LogP contribution in [0.15, 0.2) is 41.5 Å². The smallest absolute Gasteiger partial charge is 0.253 e. The monoisotopic (exact) mass is 528 g/mol. The SMILES string of the molecule is O=C1NC(C2CCCCC2)=NC12CCN(S(=O)(=O)CC=Cc1cccc3c1ccn3C[C@H](O)CO)CC2. The molecule has 0 bridgehead atoms. The topological polar surface area (TPSA) is 124 Å². The number of nitrogens with one attached hydrogen (secondary N) is 1. The third kappa shape index (κ3) is 5.38. The number of aromatic nitrogens is 1. The first-order chi connectivity index (χ1) is 17.8. The van der Waals surface area contributed by atoms with Gasteiger partial charge < -0.3 is 20.1 Å². The Hall–Kier alpha value is -2.53. The normalized spacial score (nSPS) is 22.1. The molecule has 37 heavy (non-hydrogen) atoms. The Morgan fingerprint density at radius 3 is 2.65 bits per heavy atom. The van der Waals surface area contributed by atoms with Crippen molar-refractivity contribution in [3.63, 3.8) is 0 Å². The fraction of sp³-hybridized carbons (Fsp3) is 0.556. The van der Waals surface area contributed by atoms with Crippen LogP contribution in [0, 0.1) is 5.92 Å². The number of amidine groups is 1. The number of aliphatic imine (C=N–C) groups is 1. The Morgan fingerprint density at radius 1 is 1.16 bits per heavy atom. The summed E-state index contributed by atoms with van der Waals surface area (Å²) in [6.07, 6.45) is 11.0. The van der Waals surface area contributed by atoms with Gasteiger partial charge in [0.25, 0.3) is 5.91 Å². The van der Waals surface area contributed by atoms with Gasteiger partial charge in [-0.05, 0) is 43.4 Å². The summed E-state index contributed by atoms with van der Waals surface area (Å²) in [7, 11) is -3.52. The molecule has 3 N–H and O–H groups in total. The van der Waals surface area contributed by atoms with Crippen molar-refractivity contribution in [2.45, 2.75) is 63.1 Å². The van der Waals surface area contributed by atoms with Gasteiger partial charge in [0.1, 0.15) is 11.4 Å². The number of amides is 1. The van der Waals surface area contributed by atoms with Gasteiger partial charge in [0, 0.05) is 36.1 Å². The maximum absolute atomic E-state index is 13.1. The number of aliphatic hydroxyl groups excluding tert-OH is 2. The Labute approximate surface area is 217 Å². The lowest BCUT2D eigenvalue weighted by Crippen LogP contribution is -2.50. The molecule has 200 valence electrons. The number of carbonyl (C=O) groups is 1. The molecular formula is C27H36N4O5S. The second kappa shape index (κ2) is 10.7. The van der Waals surface area contributed by atoms with Crippen LogP contribution in [-0.2, 0) is 21.4 Å². The zero-order chi connectivity index (χ0) is 26.0. The molecule has 3 heterocycles. The summed E-state index contributed by atoms with van der Waals surface area (Å²) in [6.45, 7) is 0.545. The van der Waals surface area contributed by atoms with Crippen molar-refractivity contribution in [1.82, 2.24) is 14.2 Å². The molecule has 1 atom stereocenters. The van der Waals surface area contributed by atoms with Crippen molar-refractivity contribution in [2.24, 2.45) is 10.9 Å². The summed E-state index contributed by atoms with van der Waals surface area (Å²) in [4.78, 5) is 17.7. The third-order valence-electron chi connectivity index (χ3n) is 8.00. The van der Waals surface area contributed by atoms with E-state index in [2.05, 4.69) is 5.32 Å². The number of hydrogen-bond acceptors (Lipinski definition) is 6. The average Bonchev–Trinajstić information content (AvgIpc) is 3.46. The lowest BCUT2D eigenvalue weighted by atomic mass is 9.88. The van der Waals surface area contributed by atoms with Gasteiger partial charge in [-0.1, -0.05) is 43.5 Å². The predicted molar refractivity (Wildman–Crippen MR) is 144 cm³/mol. The summed E-state index contributed by atoms with van der Waals surface area (Å²) < 4.78 is 29.5. The zero-order valence-corrected chi connectivity index (χ0v) is 21.9. The van der Waals surface area contributed by atoms with Gasteiger partial charge in [0.2, 0.25) is 10.0 Å². The highest BCUT2D eigenvalue weighted by atomic mass is 32.2. The van der Waals surface area contributed by atoms with Crippen LogP contribution < -0.4 is 5.32 Å². The quantitative estimate of drug-likeness (QED) is 0.485. The number of benzene rings is 1. The van der Waals surface area contributed by atoms with Crippen molar-refractivity contribution >= 4 is 38.7 Å². The van der Waals surface area contributed by atoms with Crippen LogP contribution in [0.5, 0.6) is 0 Å². The maximum atomic E-state index is 13.1. The molecule has 1 spiro atoms. The molecule has 9 nitrogen and oxygen atoms in total. The minimum Gasteiger partial charge on any atom is -0.394 e. The molecular weight excluding hydrogens is 492 g/mol. The molecule has 2 aromatic rings. The van der Waals surface area contributed by atoms with Crippen LogP contribution >= 0.6 is 0 Å². The zero-order valence-electron chi connectivity index (χ0n) is 21.1. The highest BCUT2D eigenvalue weighted by molar-refractivity contribution is 7.89. The van der Waals surface area contributed by atoms with E-state index in [1.54, 1.807) is 6.08 Å². The molecule has 1 saturated carbocycles. The standard InChI is InChI=1S/C27H36N4O5S/c32-19-22(33)18-30-14-11-23-20(8-4-10-24(23)30)9-5-17-37(35,36)31-15-12-27(13-16-31)26(34)28-25(29-27)21-6-2-1-3-7-21/h4-5,8-11,14,21-22,32-33H,1-3,6-7,12-13,15-19H2,(H,28,29,34)/t22-/m0/s1. The van der Waals surface area contributed by atoms with Gasteiger partial charge in [-0.15, -0.1) is 0 Å². The minimum atomic E-state index is -3.52. The third-order valence-corrected chi connectivity index (χ3v) is 9.77. The van der Waals surface area contributed by atoms with Crippen molar-refractivity contribution in [3.05, 3.63) is 42.1 Å². The number of piperidine rings is 1. The van der Waals surface area contributed by atoms with Crippen LogP contribution in [0.4, 0.5) is 0 Å². The Kier molecular flexibility index (Phi) is 7.53. The Balaban J connectivity index is 1.22. The van der Waals surface area contributed by atoms with Crippen LogP contribution in [0.25, 0.3) is 17.0 Å². The molecule has 1 aromatic carbocycles. The van der Waals surface area contributed by atoms with E-state index in [1.165, 1.54) is 23.6 Å². The summed E-state index contributed by atoms with van der Waals surface area (Å²) in [6, 6.07) is 7.66. The molecule has 1 aromatic heterocycles. The molecule has 0 radical (unpaired) electrons. The summed E-state index contributed by atoms with van der Waals surface area (Å²) >= 11 is 0. The van der Waals surface area contributed by atoms with E-state index in [4.69, 9.17) is 10.1 Å². The summed E-state index contributed by atoms with van der Waals surface area (Å²) in [5.41, 5.74) is 0.970. The van der Waals surface area contributed by atoms with E-state index in [1.807, 2.05) is 41.1 Å². The first-order valence-electron chi connectivity index (χ1n) is 13.2. The van der Waals surface area contributed by atoms with E-state index in [9.17, 15) is 18.3 Å². The van der Waals surface area contributed by atoms with Gasteiger partial charge in [-0.3, -0.25) is 9.79 Å². The van der Waals surface area contributed by atoms with Gasteiger partial charge in [-0.25, -0.2) is 12.7 Å². The molecule has 5 rings (SSSR count). The Bertz CT molecular complexity index is 1300. The molecule has 3 aliphatic rings. The lowest BCUT2D eigenvalue weighted by molar-refractivity contribution is -0.125. The largest absolute Gasteiger partial charge is 0.394 e. The molecule has 1 saturated heterocycles. The second-order valence-corrected chi connectivity index (χ2v) is 12.5. The highest BCUT2D eigenvalue weighted by Gasteiger charge is 2.48. The minimum absolute atomic E-state index is 0.0726. The van der Waals surface area contributed by atoms with Crippen molar-refractivity contribution in [1.29, 1.82) is 0 Å². The predicted octanol–water partition coefficient (Wildman–Crippen LogP) is 2.28. The Morgan fingerprint density at radius 2 is 1.92 bits per heavy atom. The fourth-order valence-electron chi connectivity index (χ4n) is 5.82. The molecule has 2 aliphatic heterocycles. The van der Waals surface area contributed by atoms with E-state index < -0.39 is 21.7 Å². The summed E-state index contributed by atoms with van der Waals surface area (Å²) in [5, 5.41) is 22.9. The fourth-order valence-corrected chi connectivity index (χ4v) is 7.11. The number of fused-ring (bicyclic) bond motifs is 1. The summed E-state index contributed by atoms with van der Waals surface area (Å²) in [5.74, 6) is 0.947. The lowest BCUT2D eigenvalue weighted by Gasteiger charge is -2.34. The highest BCUT2D eigenvalue weighted by Crippen LogP contribution is 2.35. The van der Waals surface area contributed by atoms with Crippen LogP contribution in [0.3, 0.4) is 0 Å². The van der Waals surface area contributed by atoms with E-state index in [0.29, 0.717) is 18.8 Å². The van der Waals surface area contributed by atoms with Crippen molar-refractivity contribution < 1.29 is 23.4 Å². The van der Waals surface area contributed by atoms with Crippen LogP contribution in [0.1, 0.15) is 50.5 Å². The maximum Gasteiger partial charge on any atom is 0.253 e. The van der Waals surface area contributed by atoms with Crippen LogP contribution in [0.2, 0.25) is 0 Å². The number of aliphatic hydroxyl groups is 2.